The van der Waals surface area contributed by atoms with Gasteiger partial charge in [-0.2, -0.15) is 0 Å². The largest absolute Gasteiger partial charge is 0.465 e. The molecule has 2 atom stereocenters. The van der Waals surface area contributed by atoms with Crippen molar-refractivity contribution in [2.45, 2.75) is 46.6 Å². The lowest BCUT2D eigenvalue weighted by atomic mass is 9.75. The maximum Gasteiger partial charge on any atom is 0.407 e. The number of piperidine rings is 1. The van der Waals surface area contributed by atoms with Crippen LogP contribution in [0.2, 0.25) is 0 Å². The molecule has 7 heteroatoms. The average molecular weight is 371 g/mol. The van der Waals surface area contributed by atoms with Gasteiger partial charge >= 0.3 is 6.09 Å². The molecule has 3 rings (SSSR count). The van der Waals surface area contributed by atoms with E-state index in [4.69, 9.17) is 0 Å². The number of carboxylic acid groups (broad SMARTS) is 1. The van der Waals surface area contributed by atoms with Crippen molar-refractivity contribution >= 4 is 23.6 Å². The van der Waals surface area contributed by atoms with E-state index in [-0.39, 0.29) is 11.5 Å². The first-order chi connectivity index (χ1) is 12.8. The van der Waals surface area contributed by atoms with Crippen molar-refractivity contribution in [2.75, 3.05) is 18.4 Å². The Labute approximate surface area is 160 Å². The average Bonchev–Trinajstić information content (AvgIpc) is 3.01. The van der Waals surface area contributed by atoms with Gasteiger partial charge in [0, 0.05) is 13.1 Å². The Bertz CT molecular complexity index is 836. The molecule has 2 N–H and O–H groups in total. The molecule has 1 amide bonds. The number of fused-ring (bicyclic) bond motifs is 1. The van der Waals surface area contributed by atoms with Gasteiger partial charge in [0.05, 0.1) is 17.9 Å². The fraction of sp³-hybridized carbons (Fsp3) is 0.550. The summed E-state index contributed by atoms with van der Waals surface area (Å²) in [6.07, 6.45) is 6.74. The van der Waals surface area contributed by atoms with Crippen molar-refractivity contribution in [3.63, 3.8) is 0 Å². The van der Waals surface area contributed by atoms with Crippen molar-refractivity contribution < 1.29 is 9.90 Å². The summed E-state index contributed by atoms with van der Waals surface area (Å²) in [6, 6.07) is 3.75. The zero-order valence-corrected chi connectivity index (χ0v) is 16.5. The van der Waals surface area contributed by atoms with Crippen molar-refractivity contribution in [1.29, 1.82) is 0 Å². The van der Waals surface area contributed by atoms with Gasteiger partial charge in [0.1, 0.15) is 5.82 Å². The summed E-state index contributed by atoms with van der Waals surface area (Å²) in [5, 5.41) is 17.6. The van der Waals surface area contributed by atoms with Gasteiger partial charge in [0.2, 0.25) is 0 Å². The first kappa shape index (κ1) is 19.2. The lowest BCUT2D eigenvalue weighted by molar-refractivity contribution is 0.0575. The molecule has 0 saturated carbocycles. The third kappa shape index (κ3) is 4.23. The normalized spacial score (nSPS) is 21.1. The van der Waals surface area contributed by atoms with E-state index in [0.717, 1.165) is 30.0 Å². The zero-order valence-electron chi connectivity index (χ0n) is 16.5. The minimum atomic E-state index is -0.843. The van der Waals surface area contributed by atoms with Crippen molar-refractivity contribution in [2.24, 2.45) is 11.3 Å². The fourth-order valence-electron chi connectivity index (χ4n) is 3.67. The molecule has 0 aromatic carbocycles. The number of rotatable bonds is 4. The Kier molecular flexibility index (Phi) is 5.39. The molecule has 0 aliphatic carbocycles. The van der Waals surface area contributed by atoms with Crippen LogP contribution in [0.3, 0.4) is 0 Å². The number of imidazole rings is 1. The second-order valence-corrected chi connectivity index (χ2v) is 8.28. The molecule has 1 saturated heterocycles. The summed E-state index contributed by atoms with van der Waals surface area (Å²) in [5.41, 5.74) is 1.81. The molecule has 2 aromatic rings. The predicted molar refractivity (Wildman–Crippen MR) is 107 cm³/mol. The SMILES string of the molecule is CC=Cc1cnc2ccc(NCC3CCC(C(C)(C)C)CN3C(=O)O)nn12. The monoisotopic (exact) mass is 371 g/mol. The smallest absolute Gasteiger partial charge is 0.407 e. The second-order valence-electron chi connectivity index (χ2n) is 8.28. The van der Waals surface area contributed by atoms with Crippen LogP contribution in [0.1, 0.15) is 46.2 Å². The Morgan fingerprint density at radius 2 is 2.15 bits per heavy atom. The van der Waals surface area contributed by atoms with E-state index in [1.165, 1.54) is 0 Å². The highest BCUT2D eigenvalue weighted by atomic mass is 16.4. The number of carbonyl (C=O) groups is 1. The van der Waals surface area contributed by atoms with Crippen molar-refractivity contribution in [3.05, 3.63) is 30.1 Å². The number of hydrogen-bond acceptors (Lipinski definition) is 4. The summed E-state index contributed by atoms with van der Waals surface area (Å²) >= 11 is 0. The summed E-state index contributed by atoms with van der Waals surface area (Å²) in [7, 11) is 0. The molecule has 7 nitrogen and oxygen atoms in total. The minimum absolute atomic E-state index is 0.0450. The Hall–Kier alpha value is -2.57. The molecule has 1 aliphatic heterocycles. The van der Waals surface area contributed by atoms with Gasteiger partial charge in [-0.1, -0.05) is 26.8 Å². The standard InChI is InChI=1S/C20H29N5O2/c1-5-6-16-12-22-18-10-9-17(23-25(16)18)21-11-15-8-7-14(20(2,3)4)13-24(15)19(26)27/h5-6,9-10,12,14-15H,7-8,11,13H2,1-4H3,(H,21,23)(H,26,27). The van der Waals surface area contributed by atoms with Gasteiger partial charge in [-0.05, 0) is 49.3 Å². The van der Waals surface area contributed by atoms with Crippen LogP contribution in [-0.4, -0.2) is 49.8 Å². The summed E-state index contributed by atoms with van der Waals surface area (Å²) in [4.78, 5) is 17.7. The van der Waals surface area contributed by atoms with Gasteiger partial charge in [-0.25, -0.2) is 14.3 Å². The van der Waals surface area contributed by atoms with Gasteiger partial charge < -0.3 is 15.3 Å². The van der Waals surface area contributed by atoms with Crippen molar-refractivity contribution in [1.82, 2.24) is 19.5 Å². The highest BCUT2D eigenvalue weighted by Crippen LogP contribution is 2.35. The molecular weight excluding hydrogens is 342 g/mol. The molecule has 27 heavy (non-hydrogen) atoms. The van der Waals surface area contributed by atoms with E-state index in [1.807, 2.05) is 31.2 Å². The van der Waals surface area contributed by atoms with Gasteiger partial charge in [0.15, 0.2) is 5.65 Å². The molecule has 2 aromatic heterocycles. The molecule has 1 aliphatic rings. The number of likely N-dealkylation sites (tertiary alicyclic amines) is 1. The van der Waals surface area contributed by atoms with E-state index < -0.39 is 6.09 Å². The first-order valence-electron chi connectivity index (χ1n) is 9.50. The number of nitrogens with one attached hydrogen (secondary N) is 1. The van der Waals surface area contributed by atoms with Crippen molar-refractivity contribution in [3.8, 4) is 0 Å². The van der Waals surface area contributed by atoms with Crippen LogP contribution in [0, 0.1) is 11.3 Å². The Morgan fingerprint density at radius 1 is 1.37 bits per heavy atom. The maximum absolute atomic E-state index is 11.8. The molecule has 2 unspecified atom stereocenters. The Morgan fingerprint density at radius 3 is 2.81 bits per heavy atom. The molecule has 0 spiro atoms. The molecule has 3 heterocycles. The maximum atomic E-state index is 11.8. The molecule has 0 bridgehead atoms. The second kappa shape index (κ2) is 7.58. The number of allylic oxidation sites excluding steroid dienone is 1. The Balaban J connectivity index is 1.71. The number of amides is 1. The van der Waals surface area contributed by atoms with Gasteiger partial charge in [0.25, 0.3) is 0 Å². The quantitative estimate of drug-likeness (QED) is 0.849. The lowest BCUT2D eigenvalue weighted by Gasteiger charge is -2.43. The predicted octanol–water partition coefficient (Wildman–Crippen LogP) is 3.98. The van der Waals surface area contributed by atoms with E-state index in [1.54, 1.807) is 15.6 Å². The number of hydrogen-bond donors (Lipinski definition) is 2. The zero-order chi connectivity index (χ0) is 19.6. The van der Waals surface area contributed by atoms with Crippen LogP contribution >= 0.6 is 0 Å². The number of nitrogens with zero attached hydrogens (tertiary/aromatic N) is 4. The van der Waals surface area contributed by atoms with Crippen LogP contribution in [0.15, 0.2) is 24.4 Å². The third-order valence-electron chi connectivity index (χ3n) is 5.42. The number of aromatic nitrogens is 3. The lowest BCUT2D eigenvalue weighted by Crippen LogP contribution is -2.51. The van der Waals surface area contributed by atoms with Gasteiger partial charge in [-0.15, -0.1) is 5.10 Å². The van der Waals surface area contributed by atoms with Crippen LogP contribution in [0.4, 0.5) is 10.6 Å². The summed E-state index contributed by atoms with van der Waals surface area (Å²) in [6.45, 7) is 9.64. The van der Waals surface area contributed by atoms with Gasteiger partial charge in [-0.3, -0.25) is 0 Å². The van der Waals surface area contributed by atoms with Crippen LogP contribution in [0.25, 0.3) is 11.7 Å². The highest BCUT2D eigenvalue weighted by molar-refractivity contribution is 5.65. The first-order valence-corrected chi connectivity index (χ1v) is 9.50. The fourth-order valence-corrected chi connectivity index (χ4v) is 3.67. The van der Waals surface area contributed by atoms with E-state index in [9.17, 15) is 9.90 Å². The summed E-state index contributed by atoms with van der Waals surface area (Å²) in [5.74, 6) is 1.10. The van der Waals surface area contributed by atoms with Crippen LogP contribution in [-0.2, 0) is 0 Å². The van der Waals surface area contributed by atoms with Crippen LogP contribution in [0.5, 0.6) is 0 Å². The van der Waals surface area contributed by atoms with E-state index in [0.29, 0.717) is 19.0 Å². The molecule has 1 fully saturated rings. The molecule has 146 valence electrons. The summed E-state index contributed by atoms with van der Waals surface area (Å²) < 4.78 is 1.79. The topological polar surface area (TPSA) is 82.8 Å². The van der Waals surface area contributed by atoms with E-state index >= 15 is 0 Å². The minimum Gasteiger partial charge on any atom is -0.465 e. The molecule has 0 radical (unpaired) electrons. The number of anilines is 1. The molecular formula is C20H29N5O2. The van der Waals surface area contributed by atoms with Crippen LogP contribution < -0.4 is 5.32 Å². The van der Waals surface area contributed by atoms with E-state index in [2.05, 4.69) is 36.2 Å². The third-order valence-corrected chi connectivity index (χ3v) is 5.42. The highest BCUT2D eigenvalue weighted by Gasteiger charge is 2.36.